The third-order valence-electron chi connectivity index (χ3n) is 19.9. The minimum Gasteiger partial charge on any atom is -0.497 e. The number of carbonyl (C=O) groups is 1. The highest BCUT2D eigenvalue weighted by Gasteiger charge is 2.20. The second-order valence-electron chi connectivity index (χ2n) is 28.3. The number of nitrogens with two attached hydrogens (primary N) is 2. The van der Waals surface area contributed by atoms with E-state index in [0.29, 0.717) is 23.6 Å². The van der Waals surface area contributed by atoms with Crippen molar-refractivity contribution in [2.24, 2.45) is 5.73 Å². The van der Waals surface area contributed by atoms with Crippen molar-refractivity contribution in [1.82, 2.24) is 39.5 Å². The molecule has 5 fully saturated rings. The number of likely N-dealkylation sites (N-methyl/N-ethyl adjacent to an activating group) is 4. The van der Waals surface area contributed by atoms with Gasteiger partial charge in [0.2, 0.25) is 0 Å². The standard InChI is InChI=1S/C19H21N3S.C18H18BrN3S.C18H18IN3S.C12H18N2O.C7H5FO.C6H6BrNS.C6H14N2.CH4/c1-14-3-8-17-18(13-14)23-19(20-17)15-4-6-16(7-5-15)22-11-9-21(2)10-12-22;2*1-21-8-10-22(11-9-21)15-5-2-13(3-6-15)18-20-16-7-4-14(19)12-17(16)23-18;1-13-7-9-14(10-8-13)11-3-5-12(15-2)6-4-11;8-7-3-1-6(5-9)2-4-7;7-4-1-2-5(8)6(9)3-4;1-8-4-2-6(7)3-5-8;/h3-8,13H,9-12H2,1-2H3;2*2-7,12H,8-11H2,1H3;3-6H,7-10H2,1-2H3;1-5H;1-3,9H,8H2;6H,2-5,7H2,1H3;1H4. The average Bonchev–Trinajstić information content (AvgIpc) is 1.68. The quantitative estimate of drug-likeness (QED) is 0.0545. The van der Waals surface area contributed by atoms with Crippen LogP contribution in [-0.2, 0) is 0 Å². The Labute approximate surface area is 704 Å². The predicted octanol–water partition coefficient (Wildman–Crippen LogP) is 18.9. The molecule has 17 rings (SSSR count). The molecule has 0 unspecified atom stereocenters. The maximum atomic E-state index is 12.1. The summed E-state index contributed by atoms with van der Waals surface area (Å²) in [4.78, 5) is 46.7. The molecule has 0 radical (unpaired) electrons. The molecule has 24 heteroatoms. The van der Waals surface area contributed by atoms with E-state index < -0.39 is 0 Å². The Bertz CT molecular complexity index is 4480. The smallest absolute Gasteiger partial charge is 0.150 e. The zero-order valence-electron chi connectivity index (χ0n) is 63.8. The van der Waals surface area contributed by atoms with E-state index in [9.17, 15) is 9.18 Å². The van der Waals surface area contributed by atoms with Gasteiger partial charge in [-0.25, -0.2) is 19.3 Å². The van der Waals surface area contributed by atoms with E-state index in [4.69, 9.17) is 31.2 Å². The van der Waals surface area contributed by atoms with E-state index in [1.54, 1.807) is 41.1 Å². The Morgan fingerprint density at radius 2 is 0.802 bits per heavy atom. The molecule has 9 aromatic carbocycles. The van der Waals surface area contributed by atoms with Gasteiger partial charge in [0, 0.05) is 179 Å². The summed E-state index contributed by atoms with van der Waals surface area (Å²) in [6.45, 7) is 22.5. The van der Waals surface area contributed by atoms with Gasteiger partial charge in [-0.1, -0.05) is 45.4 Å². The zero-order valence-corrected chi connectivity index (χ0v) is 72.5. The van der Waals surface area contributed by atoms with Crippen LogP contribution in [0.3, 0.4) is 0 Å². The number of thiazole rings is 3. The Balaban J connectivity index is 0.000000143. The number of halogens is 4. The molecule has 111 heavy (non-hydrogen) atoms. The van der Waals surface area contributed by atoms with Crippen LogP contribution < -0.4 is 35.8 Å². The summed E-state index contributed by atoms with van der Waals surface area (Å²) in [5, 5.41) is 3.30. The number of aromatic nitrogens is 3. The molecule has 0 atom stereocenters. The van der Waals surface area contributed by atoms with Crippen LogP contribution in [0.1, 0.15) is 36.2 Å². The number of rotatable bonds is 9. The first-order valence-electron chi connectivity index (χ1n) is 37.3. The van der Waals surface area contributed by atoms with Gasteiger partial charge >= 0.3 is 0 Å². The first kappa shape index (κ1) is 86.3. The molecule has 586 valence electrons. The molecule has 0 saturated carbocycles. The molecule has 12 aromatic rings. The zero-order chi connectivity index (χ0) is 77.6. The van der Waals surface area contributed by atoms with Crippen LogP contribution in [0.2, 0.25) is 0 Å². The fourth-order valence-electron chi connectivity index (χ4n) is 12.8. The highest BCUT2D eigenvalue weighted by Crippen LogP contribution is 2.36. The number of benzene rings is 9. The number of ether oxygens (including phenoxy) is 1. The SMILES string of the molecule is C.CN1CCC(N)CC1.CN1CCN(c2ccc(-c3nc4ccc(Br)cc4s3)cc2)CC1.CN1CCN(c2ccc(-c3nc4ccc(I)cc4s3)cc2)CC1.COc1ccc(N2CCN(C)CC2)cc1.Cc1ccc2nc(-c3ccc(N4CCN(C)CC4)cc3)sc2c1.Nc1ccc(Br)cc1S.O=Cc1ccc(F)cc1. The monoisotopic (exact) mass is 1810 g/mol. The molecule has 16 nitrogen and oxygen atoms in total. The van der Waals surface area contributed by atoms with E-state index in [-0.39, 0.29) is 13.2 Å². The van der Waals surface area contributed by atoms with E-state index in [2.05, 4.69) is 287 Å². The van der Waals surface area contributed by atoms with Gasteiger partial charge in [-0.2, -0.15) is 0 Å². The van der Waals surface area contributed by atoms with Gasteiger partial charge in [0.25, 0.3) is 0 Å². The molecule has 3 aromatic heterocycles. The number of nitrogen functional groups attached to an aromatic ring is 1. The van der Waals surface area contributed by atoms with Gasteiger partial charge < -0.3 is 60.3 Å². The highest BCUT2D eigenvalue weighted by molar-refractivity contribution is 14.1. The number of aryl methyl sites for hydroxylation is 1. The Morgan fingerprint density at radius 3 is 1.17 bits per heavy atom. The molecule has 0 amide bonds. The predicted molar refractivity (Wildman–Crippen MR) is 491 cm³/mol. The summed E-state index contributed by atoms with van der Waals surface area (Å²) in [6.07, 6.45) is 3.03. The summed E-state index contributed by atoms with van der Waals surface area (Å²) in [6, 6.07) is 65.4. The fraction of sp³-hybridized carbons (Fsp3) is 0.333. The second-order valence-corrected chi connectivity index (χ2v) is 34.9. The van der Waals surface area contributed by atoms with Crippen molar-refractivity contribution < 1.29 is 13.9 Å². The Hall–Kier alpha value is -7.15. The van der Waals surface area contributed by atoms with E-state index >= 15 is 0 Å². The van der Waals surface area contributed by atoms with E-state index in [0.717, 1.165) is 156 Å². The lowest BCUT2D eigenvalue weighted by atomic mass is 10.1. The number of likely N-dealkylation sites (tertiary alicyclic amines) is 1. The summed E-state index contributed by atoms with van der Waals surface area (Å²) >= 11 is 18.6. The van der Waals surface area contributed by atoms with Crippen LogP contribution in [0.25, 0.3) is 62.4 Å². The molecule has 0 aliphatic carbocycles. The molecule has 5 aliphatic heterocycles. The number of anilines is 5. The van der Waals surface area contributed by atoms with Crippen molar-refractivity contribution in [3.05, 3.63) is 224 Å². The molecule has 5 aliphatic rings. The summed E-state index contributed by atoms with van der Waals surface area (Å²) in [5.74, 6) is 0.605. The summed E-state index contributed by atoms with van der Waals surface area (Å²) < 4.78 is 24.4. The topological polar surface area (TPSA) is 146 Å². The number of hydrogen-bond acceptors (Lipinski definition) is 20. The van der Waals surface area contributed by atoms with Crippen LogP contribution in [0, 0.1) is 16.3 Å². The second kappa shape index (κ2) is 42.8. The van der Waals surface area contributed by atoms with E-state index in [1.165, 1.54) is 113 Å². The highest BCUT2D eigenvalue weighted by atomic mass is 127. The number of thiol groups is 1. The number of methoxy groups -OCH3 is 1. The number of aldehydes is 1. The molecule has 8 heterocycles. The number of hydrogen-bond donors (Lipinski definition) is 3. The molecule has 0 bridgehead atoms. The number of fused-ring (bicyclic) bond motifs is 3. The number of carbonyl (C=O) groups excluding carboxylic acids is 1. The van der Waals surface area contributed by atoms with Crippen molar-refractivity contribution in [3.63, 3.8) is 0 Å². The first-order valence-corrected chi connectivity index (χ1v) is 42.8. The van der Waals surface area contributed by atoms with Crippen LogP contribution in [-0.4, -0.2) is 212 Å². The minimum atomic E-state index is -0.319. The third-order valence-corrected chi connectivity index (χ3v) is 25.1. The van der Waals surface area contributed by atoms with Crippen molar-refractivity contribution >= 4 is 166 Å². The maximum Gasteiger partial charge on any atom is 0.150 e. The first-order chi connectivity index (χ1) is 53.2. The number of piperazine rings is 4. The minimum absolute atomic E-state index is 0. The van der Waals surface area contributed by atoms with E-state index in [1.807, 2.05) is 36.4 Å². The maximum absolute atomic E-state index is 12.1. The van der Waals surface area contributed by atoms with Crippen LogP contribution in [0.5, 0.6) is 5.75 Å². The molecule has 0 spiro atoms. The Kier molecular flexibility index (Phi) is 33.3. The largest absolute Gasteiger partial charge is 0.497 e. The van der Waals surface area contributed by atoms with Crippen molar-refractivity contribution in [1.29, 1.82) is 0 Å². The van der Waals surface area contributed by atoms with Crippen molar-refractivity contribution in [2.45, 2.75) is 38.1 Å². The average molecular weight is 1810 g/mol. The van der Waals surface area contributed by atoms with Gasteiger partial charge in [0.05, 0.1) is 37.8 Å². The third kappa shape index (κ3) is 25.9. The number of nitrogens with zero attached hydrogens (tertiary/aromatic N) is 12. The van der Waals surface area contributed by atoms with Gasteiger partial charge in [-0.3, -0.25) is 4.79 Å². The van der Waals surface area contributed by atoms with Crippen LogP contribution in [0.4, 0.5) is 32.8 Å². The fourth-order valence-corrected chi connectivity index (χ4v) is 17.8. The number of piperidine rings is 1. The van der Waals surface area contributed by atoms with Crippen molar-refractivity contribution in [2.75, 3.05) is 185 Å². The lowest BCUT2D eigenvalue weighted by Crippen LogP contribution is -2.44. The Morgan fingerprint density at radius 1 is 0.459 bits per heavy atom. The van der Waals surface area contributed by atoms with Gasteiger partial charge in [-0.15, -0.1) is 46.6 Å². The van der Waals surface area contributed by atoms with Gasteiger partial charge in [0.15, 0.2) is 0 Å². The van der Waals surface area contributed by atoms with Gasteiger partial charge in [-0.05, 0) is 284 Å². The van der Waals surface area contributed by atoms with Crippen LogP contribution >= 0.6 is 101 Å². The lowest BCUT2D eigenvalue weighted by Gasteiger charge is -2.34. The van der Waals surface area contributed by atoms with Gasteiger partial charge in [0.1, 0.15) is 32.9 Å². The molecular formula is C87H104Br2FIN14O2S4. The van der Waals surface area contributed by atoms with Crippen LogP contribution in [0.15, 0.2) is 208 Å². The molecule has 5 saturated heterocycles. The van der Waals surface area contributed by atoms with Crippen molar-refractivity contribution in [3.8, 4) is 37.5 Å². The summed E-state index contributed by atoms with van der Waals surface area (Å²) in [5.41, 5.74) is 25.8. The lowest BCUT2D eigenvalue weighted by molar-refractivity contribution is 0.112. The molecule has 4 N–H and O–H groups in total. The normalized spacial score (nSPS) is 15.9. The molecular weight excluding hydrogens is 1710 g/mol. The summed E-state index contributed by atoms with van der Waals surface area (Å²) in [7, 11) is 12.6.